The van der Waals surface area contributed by atoms with E-state index in [4.69, 9.17) is 4.74 Å². The summed E-state index contributed by atoms with van der Waals surface area (Å²) >= 11 is 0. The number of fused-ring (bicyclic) bond motifs is 1. The van der Waals surface area contributed by atoms with Gasteiger partial charge in [-0.2, -0.15) is 0 Å². The molecule has 1 N–H and O–H groups in total. The SMILES string of the molecule is O=C(NCCOc1cccc2cccnc12)c1c(F)cccc1F. The zero-order valence-corrected chi connectivity index (χ0v) is 12.6. The number of pyridine rings is 1. The number of hydrogen-bond donors (Lipinski definition) is 1. The maximum absolute atomic E-state index is 13.5. The molecule has 3 aromatic rings. The Balaban J connectivity index is 1.60. The van der Waals surface area contributed by atoms with Gasteiger partial charge in [-0.25, -0.2) is 8.78 Å². The fourth-order valence-electron chi connectivity index (χ4n) is 2.32. The molecule has 0 fully saturated rings. The van der Waals surface area contributed by atoms with Gasteiger partial charge in [-0.15, -0.1) is 0 Å². The molecule has 0 radical (unpaired) electrons. The number of amides is 1. The summed E-state index contributed by atoms with van der Waals surface area (Å²) in [4.78, 5) is 16.1. The minimum Gasteiger partial charge on any atom is -0.489 e. The number of rotatable bonds is 5. The fraction of sp³-hybridized carbons (Fsp3) is 0.111. The fourth-order valence-corrected chi connectivity index (χ4v) is 2.32. The van der Waals surface area contributed by atoms with E-state index in [1.54, 1.807) is 12.3 Å². The van der Waals surface area contributed by atoms with Gasteiger partial charge >= 0.3 is 0 Å². The van der Waals surface area contributed by atoms with E-state index in [2.05, 4.69) is 10.3 Å². The molecule has 0 saturated carbocycles. The summed E-state index contributed by atoms with van der Waals surface area (Å²) in [5.41, 5.74) is 0.121. The predicted octanol–water partition coefficient (Wildman–Crippen LogP) is 3.32. The molecule has 1 amide bonds. The molecule has 24 heavy (non-hydrogen) atoms. The number of carbonyl (C=O) groups excluding carboxylic acids is 1. The topological polar surface area (TPSA) is 51.2 Å². The summed E-state index contributed by atoms with van der Waals surface area (Å²) in [6.45, 7) is 0.257. The maximum atomic E-state index is 13.5. The van der Waals surface area contributed by atoms with E-state index >= 15 is 0 Å². The predicted molar refractivity (Wildman–Crippen MR) is 85.9 cm³/mol. The Bertz CT molecular complexity index is 858. The van der Waals surface area contributed by atoms with Crippen LogP contribution in [0.1, 0.15) is 10.4 Å². The molecule has 0 atom stereocenters. The van der Waals surface area contributed by atoms with Crippen molar-refractivity contribution < 1.29 is 18.3 Å². The lowest BCUT2D eigenvalue weighted by Crippen LogP contribution is -2.29. The van der Waals surface area contributed by atoms with Crippen molar-refractivity contribution >= 4 is 16.8 Å². The molecular formula is C18H14F2N2O2. The van der Waals surface area contributed by atoms with Gasteiger partial charge in [0.25, 0.3) is 5.91 Å². The van der Waals surface area contributed by atoms with Crippen molar-refractivity contribution in [1.82, 2.24) is 10.3 Å². The first-order valence-corrected chi connectivity index (χ1v) is 7.35. The number of ether oxygens (including phenoxy) is 1. The summed E-state index contributed by atoms with van der Waals surface area (Å²) in [5, 5.41) is 3.37. The molecule has 0 bridgehead atoms. The normalized spacial score (nSPS) is 10.6. The van der Waals surface area contributed by atoms with Crippen LogP contribution in [-0.4, -0.2) is 24.0 Å². The number of nitrogens with one attached hydrogen (secondary N) is 1. The van der Waals surface area contributed by atoms with Crippen LogP contribution in [0.5, 0.6) is 5.75 Å². The van der Waals surface area contributed by atoms with Crippen LogP contribution in [-0.2, 0) is 0 Å². The molecule has 0 aliphatic heterocycles. The lowest BCUT2D eigenvalue weighted by molar-refractivity contribution is 0.0938. The van der Waals surface area contributed by atoms with E-state index in [0.717, 1.165) is 17.5 Å². The molecule has 6 heteroatoms. The van der Waals surface area contributed by atoms with Crippen LogP contribution < -0.4 is 10.1 Å². The van der Waals surface area contributed by atoms with Crippen molar-refractivity contribution in [1.29, 1.82) is 0 Å². The van der Waals surface area contributed by atoms with Gasteiger partial charge in [0.1, 0.15) is 35.1 Å². The minimum atomic E-state index is -0.897. The van der Waals surface area contributed by atoms with E-state index in [9.17, 15) is 13.6 Å². The van der Waals surface area contributed by atoms with Crippen molar-refractivity contribution in [2.75, 3.05) is 13.2 Å². The number of carbonyl (C=O) groups is 1. The molecule has 0 aliphatic carbocycles. The Morgan fingerprint density at radius 3 is 2.54 bits per heavy atom. The number of para-hydroxylation sites is 1. The highest BCUT2D eigenvalue weighted by Crippen LogP contribution is 2.22. The van der Waals surface area contributed by atoms with Gasteiger partial charge < -0.3 is 10.1 Å². The summed E-state index contributed by atoms with van der Waals surface area (Å²) in [6, 6.07) is 12.6. The maximum Gasteiger partial charge on any atom is 0.257 e. The average molecular weight is 328 g/mol. The van der Waals surface area contributed by atoms with Gasteiger partial charge in [-0.1, -0.05) is 24.3 Å². The van der Waals surface area contributed by atoms with Gasteiger partial charge in [0, 0.05) is 11.6 Å². The largest absolute Gasteiger partial charge is 0.489 e. The van der Waals surface area contributed by atoms with E-state index in [1.165, 1.54) is 6.07 Å². The first-order chi connectivity index (χ1) is 11.7. The third-order valence-corrected chi connectivity index (χ3v) is 3.43. The van der Waals surface area contributed by atoms with Crippen molar-refractivity contribution in [3.05, 3.63) is 71.9 Å². The highest BCUT2D eigenvalue weighted by molar-refractivity contribution is 5.94. The number of benzene rings is 2. The number of nitrogens with zero attached hydrogens (tertiary/aromatic N) is 1. The van der Waals surface area contributed by atoms with Crippen LogP contribution >= 0.6 is 0 Å². The lowest BCUT2D eigenvalue weighted by Gasteiger charge is -2.10. The average Bonchev–Trinajstić information content (AvgIpc) is 2.58. The van der Waals surface area contributed by atoms with Crippen LogP contribution in [0.2, 0.25) is 0 Å². The standard InChI is InChI=1S/C18H14F2N2O2/c19-13-6-2-7-14(20)16(13)18(23)22-10-11-24-15-8-1-4-12-5-3-9-21-17(12)15/h1-9H,10-11H2,(H,22,23). The second-order valence-corrected chi connectivity index (χ2v) is 5.03. The van der Waals surface area contributed by atoms with Gasteiger partial charge in [-0.3, -0.25) is 9.78 Å². The molecule has 0 unspecified atom stereocenters. The zero-order chi connectivity index (χ0) is 16.9. The summed E-state index contributed by atoms with van der Waals surface area (Å²) in [5.74, 6) is -2.02. The monoisotopic (exact) mass is 328 g/mol. The Labute approximate surface area is 137 Å². The lowest BCUT2D eigenvalue weighted by atomic mass is 10.2. The summed E-state index contributed by atoms with van der Waals surface area (Å²) in [6.07, 6.45) is 1.66. The molecule has 0 spiro atoms. The quantitative estimate of drug-likeness (QED) is 0.731. The van der Waals surface area contributed by atoms with Crippen LogP contribution in [0.4, 0.5) is 8.78 Å². The van der Waals surface area contributed by atoms with Gasteiger partial charge in [0.05, 0.1) is 6.54 Å². The molecule has 0 aliphatic rings. The van der Waals surface area contributed by atoms with Crippen molar-refractivity contribution in [2.24, 2.45) is 0 Å². The third-order valence-electron chi connectivity index (χ3n) is 3.43. The van der Waals surface area contributed by atoms with E-state index < -0.39 is 23.1 Å². The van der Waals surface area contributed by atoms with Gasteiger partial charge in [0.2, 0.25) is 0 Å². The van der Waals surface area contributed by atoms with E-state index in [1.807, 2.05) is 24.3 Å². The highest BCUT2D eigenvalue weighted by Gasteiger charge is 2.16. The number of aromatic nitrogens is 1. The van der Waals surface area contributed by atoms with Crippen LogP contribution in [0.15, 0.2) is 54.7 Å². The van der Waals surface area contributed by atoms with E-state index in [0.29, 0.717) is 11.3 Å². The Kier molecular flexibility index (Phi) is 4.65. The second kappa shape index (κ2) is 7.04. The van der Waals surface area contributed by atoms with Crippen LogP contribution in [0, 0.1) is 11.6 Å². The second-order valence-electron chi connectivity index (χ2n) is 5.03. The molecule has 1 aromatic heterocycles. The van der Waals surface area contributed by atoms with Crippen LogP contribution in [0.25, 0.3) is 10.9 Å². The Hall–Kier alpha value is -3.02. The molecule has 1 heterocycles. The smallest absolute Gasteiger partial charge is 0.257 e. The van der Waals surface area contributed by atoms with Crippen molar-refractivity contribution in [3.8, 4) is 5.75 Å². The zero-order valence-electron chi connectivity index (χ0n) is 12.6. The molecule has 0 saturated heterocycles. The van der Waals surface area contributed by atoms with E-state index in [-0.39, 0.29) is 13.2 Å². The molecule has 4 nitrogen and oxygen atoms in total. The van der Waals surface area contributed by atoms with Gasteiger partial charge in [0.15, 0.2) is 0 Å². The van der Waals surface area contributed by atoms with Crippen molar-refractivity contribution in [2.45, 2.75) is 0 Å². The minimum absolute atomic E-state index is 0.107. The Morgan fingerprint density at radius 1 is 1.04 bits per heavy atom. The van der Waals surface area contributed by atoms with Crippen molar-refractivity contribution in [3.63, 3.8) is 0 Å². The number of hydrogen-bond acceptors (Lipinski definition) is 3. The highest BCUT2D eigenvalue weighted by atomic mass is 19.1. The molecular weight excluding hydrogens is 314 g/mol. The Morgan fingerprint density at radius 2 is 1.75 bits per heavy atom. The van der Waals surface area contributed by atoms with Gasteiger partial charge in [-0.05, 0) is 24.3 Å². The van der Waals surface area contributed by atoms with Crippen LogP contribution in [0.3, 0.4) is 0 Å². The summed E-state index contributed by atoms with van der Waals surface area (Å²) < 4.78 is 32.6. The first-order valence-electron chi connectivity index (χ1n) is 7.35. The molecule has 122 valence electrons. The third kappa shape index (κ3) is 3.32. The number of halogens is 2. The molecule has 2 aromatic carbocycles. The first kappa shape index (κ1) is 15.9. The molecule has 3 rings (SSSR count). The summed E-state index contributed by atoms with van der Waals surface area (Å²) in [7, 11) is 0.